The van der Waals surface area contributed by atoms with E-state index >= 15 is 0 Å². The first-order valence-corrected chi connectivity index (χ1v) is 8.26. The number of nitrogens with zero attached hydrogens (tertiary/aromatic N) is 1. The Labute approximate surface area is 150 Å². The van der Waals surface area contributed by atoms with Gasteiger partial charge < -0.3 is 10.1 Å². The van der Waals surface area contributed by atoms with Crippen LogP contribution in [0.5, 0.6) is 5.75 Å². The number of amides is 3. The van der Waals surface area contributed by atoms with Gasteiger partial charge in [0.25, 0.3) is 5.91 Å². The molecule has 0 aromatic heterocycles. The van der Waals surface area contributed by atoms with Gasteiger partial charge in [-0.1, -0.05) is 35.9 Å². The fourth-order valence-corrected chi connectivity index (χ4v) is 2.56. The van der Waals surface area contributed by atoms with Crippen molar-refractivity contribution >= 4 is 29.6 Å². The number of nitrogens with one attached hydrogen (secondary N) is 1. The predicted octanol–water partition coefficient (Wildman–Crippen LogP) is 3.83. The van der Waals surface area contributed by atoms with Gasteiger partial charge in [-0.3, -0.25) is 9.69 Å². The summed E-state index contributed by atoms with van der Waals surface area (Å²) >= 11 is 5.85. The molecule has 0 spiro atoms. The van der Waals surface area contributed by atoms with Crippen LogP contribution in [0.3, 0.4) is 0 Å². The average Bonchev–Trinajstić information content (AvgIpc) is 2.88. The molecule has 3 amide bonds. The van der Waals surface area contributed by atoms with E-state index < -0.39 is 0 Å². The van der Waals surface area contributed by atoms with E-state index in [0.717, 1.165) is 16.0 Å². The van der Waals surface area contributed by atoms with Gasteiger partial charge in [-0.15, -0.1) is 0 Å². The average molecular weight is 357 g/mol. The predicted molar refractivity (Wildman–Crippen MR) is 96.1 cm³/mol. The maximum absolute atomic E-state index is 12.0. The van der Waals surface area contributed by atoms with Crippen molar-refractivity contribution in [2.45, 2.75) is 13.5 Å². The molecule has 3 rings (SSSR count). The van der Waals surface area contributed by atoms with Crippen LogP contribution in [-0.2, 0) is 11.4 Å². The molecule has 128 valence electrons. The molecule has 0 radical (unpaired) electrons. The monoisotopic (exact) mass is 356 g/mol. The van der Waals surface area contributed by atoms with Crippen molar-refractivity contribution in [3.63, 3.8) is 0 Å². The molecular formula is C19H17ClN2O3. The molecule has 0 unspecified atom stereocenters. The highest BCUT2D eigenvalue weighted by Gasteiger charge is 2.31. The van der Waals surface area contributed by atoms with Crippen molar-refractivity contribution in [3.05, 3.63) is 70.4 Å². The lowest BCUT2D eigenvalue weighted by atomic mass is 10.2. The normalized spacial score (nSPS) is 15.6. The number of rotatable bonds is 5. The smallest absolute Gasteiger partial charge is 0.328 e. The summed E-state index contributed by atoms with van der Waals surface area (Å²) in [6.07, 6.45) is 1.65. The zero-order valence-electron chi connectivity index (χ0n) is 13.7. The van der Waals surface area contributed by atoms with Gasteiger partial charge in [0, 0.05) is 11.6 Å². The summed E-state index contributed by atoms with van der Waals surface area (Å²) in [5.41, 5.74) is 2.11. The summed E-state index contributed by atoms with van der Waals surface area (Å²) in [6.45, 7) is 2.55. The van der Waals surface area contributed by atoms with Gasteiger partial charge in [0.05, 0.1) is 0 Å². The molecule has 0 saturated carbocycles. The highest BCUT2D eigenvalue weighted by Crippen LogP contribution is 2.18. The molecule has 0 bridgehead atoms. The number of carbonyl (C=O) groups excluding carboxylic acids is 2. The third kappa shape index (κ3) is 4.00. The van der Waals surface area contributed by atoms with Crippen LogP contribution < -0.4 is 10.1 Å². The lowest BCUT2D eigenvalue weighted by Crippen LogP contribution is -2.30. The maximum atomic E-state index is 12.0. The first-order chi connectivity index (χ1) is 12.1. The summed E-state index contributed by atoms with van der Waals surface area (Å²) in [5.74, 6) is 0.407. The van der Waals surface area contributed by atoms with Crippen molar-refractivity contribution in [3.8, 4) is 5.75 Å². The molecule has 2 aromatic rings. The minimum atomic E-state index is -0.387. The molecule has 1 fully saturated rings. The molecule has 2 aromatic carbocycles. The van der Waals surface area contributed by atoms with Crippen molar-refractivity contribution in [2.75, 3.05) is 6.54 Å². The van der Waals surface area contributed by atoms with Crippen molar-refractivity contribution in [1.29, 1.82) is 0 Å². The Balaban J connectivity index is 1.64. The van der Waals surface area contributed by atoms with Crippen LogP contribution in [0.1, 0.15) is 18.1 Å². The van der Waals surface area contributed by atoms with E-state index in [1.807, 2.05) is 48.5 Å². The third-order valence-corrected chi connectivity index (χ3v) is 4.04. The van der Waals surface area contributed by atoms with Gasteiger partial charge in [0.2, 0.25) is 0 Å². The molecule has 1 saturated heterocycles. The summed E-state index contributed by atoms with van der Waals surface area (Å²) in [4.78, 5) is 24.8. The highest BCUT2D eigenvalue weighted by molar-refractivity contribution is 6.30. The van der Waals surface area contributed by atoms with E-state index in [2.05, 4.69) is 5.32 Å². The molecule has 1 heterocycles. The van der Waals surface area contributed by atoms with Crippen molar-refractivity contribution in [2.24, 2.45) is 0 Å². The second-order valence-electron chi connectivity index (χ2n) is 5.52. The fourth-order valence-electron chi connectivity index (χ4n) is 2.43. The molecule has 6 heteroatoms. The fraction of sp³-hybridized carbons (Fsp3) is 0.158. The molecule has 1 aliphatic rings. The SMILES string of the molecule is CCN1C(=O)N/C(=C/c2ccc(OCc3ccc(Cl)cc3)cc2)C1=O. The first-order valence-electron chi connectivity index (χ1n) is 7.88. The van der Waals surface area contributed by atoms with Gasteiger partial charge in [0.1, 0.15) is 18.1 Å². The topological polar surface area (TPSA) is 58.6 Å². The minimum Gasteiger partial charge on any atom is -0.489 e. The second-order valence-corrected chi connectivity index (χ2v) is 5.96. The van der Waals surface area contributed by atoms with Gasteiger partial charge in [-0.2, -0.15) is 0 Å². The molecule has 0 aliphatic carbocycles. The number of halogens is 1. The number of hydrogen-bond acceptors (Lipinski definition) is 3. The van der Waals surface area contributed by atoms with E-state index in [4.69, 9.17) is 16.3 Å². The second kappa shape index (κ2) is 7.40. The van der Waals surface area contributed by atoms with Crippen LogP contribution >= 0.6 is 11.6 Å². The zero-order valence-corrected chi connectivity index (χ0v) is 14.4. The standard InChI is InChI=1S/C19H17ClN2O3/c1-2-22-18(23)17(21-19(22)24)11-13-5-9-16(10-6-13)25-12-14-3-7-15(20)8-4-14/h3-11H,2,12H2,1H3,(H,21,24)/b17-11+. The van der Waals surface area contributed by atoms with E-state index in [1.54, 1.807) is 13.0 Å². The maximum Gasteiger partial charge on any atom is 0.328 e. The Morgan fingerprint density at radius 2 is 1.76 bits per heavy atom. The zero-order chi connectivity index (χ0) is 17.8. The molecule has 25 heavy (non-hydrogen) atoms. The van der Waals surface area contributed by atoms with Gasteiger partial charge in [-0.25, -0.2) is 4.79 Å². The molecule has 5 nitrogen and oxygen atoms in total. The Kier molecular flexibility index (Phi) is 5.05. The number of hydrogen-bond donors (Lipinski definition) is 1. The Bertz CT molecular complexity index is 814. The van der Waals surface area contributed by atoms with E-state index in [0.29, 0.717) is 23.9 Å². The van der Waals surface area contributed by atoms with E-state index in [9.17, 15) is 9.59 Å². The van der Waals surface area contributed by atoms with Crippen molar-refractivity contribution in [1.82, 2.24) is 10.2 Å². The number of urea groups is 1. The summed E-state index contributed by atoms with van der Waals surface area (Å²) in [6, 6.07) is 14.4. The number of likely N-dealkylation sites (N-methyl/N-ethyl adjacent to an activating group) is 1. The third-order valence-electron chi connectivity index (χ3n) is 3.79. The van der Waals surface area contributed by atoms with Crippen LogP contribution in [0.4, 0.5) is 4.79 Å². The minimum absolute atomic E-state index is 0.279. The summed E-state index contributed by atoms with van der Waals surface area (Å²) < 4.78 is 5.72. The summed E-state index contributed by atoms with van der Waals surface area (Å²) in [5, 5.41) is 3.27. The Morgan fingerprint density at radius 1 is 1.08 bits per heavy atom. The molecule has 1 N–H and O–H groups in total. The summed E-state index contributed by atoms with van der Waals surface area (Å²) in [7, 11) is 0. The number of benzene rings is 2. The van der Waals surface area contributed by atoms with Crippen LogP contribution in [-0.4, -0.2) is 23.4 Å². The van der Waals surface area contributed by atoms with E-state index in [1.165, 1.54) is 0 Å². The van der Waals surface area contributed by atoms with E-state index in [-0.39, 0.29) is 17.6 Å². The largest absolute Gasteiger partial charge is 0.489 e. The van der Waals surface area contributed by atoms with Gasteiger partial charge in [0.15, 0.2) is 0 Å². The first kappa shape index (κ1) is 17.0. The number of ether oxygens (including phenoxy) is 1. The number of carbonyl (C=O) groups is 2. The van der Waals surface area contributed by atoms with Gasteiger partial charge >= 0.3 is 6.03 Å². The Hall–Kier alpha value is -2.79. The molecule has 0 atom stereocenters. The van der Waals surface area contributed by atoms with Crippen molar-refractivity contribution < 1.29 is 14.3 Å². The molecule has 1 aliphatic heterocycles. The van der Waals surface area contributed by atoms with Crippen LogP contribution in [0.2, 0.25) is 5.02 Å². The Morgan fingerprint density at radius 3 is 2.36 bits per heavy atom. The lowest BCUT2D eigenvalue weighted by Gasteiger charge is -2.07. The number of imide groups is 1. The van der Waals surface area contributed by atoms with Crippen LogP contribution in [0, 0.1) is 0 Å². The van der Waals surface area contributed by atoms with Crippen LogP contribution in [0.15, 0.2) is 54.2 Å². The molecular weight excluding hydrogens is 340 g/mol. The lowest BCUT2D eigenvalue weighted by molar-refractivity contribution is -0.122. The quantitative estimate of drug-likeness (QED) is 0.654. The highest BCUT2D eigenvalue weighted by atomic mass is 35.5. The van der Waals surface area contributed by atoms with Crippen LogP contribution in [0.25, 0.3) is 6.08 Å². The van der Waals surface area contributed by atoms with Gasteiger partial charge in [-0.05, 0) is 48.4 Å².